The highest BCUT2D eigenvalue weighted by Crippen LogP contribution is 2.20. The topological polar surface area (TPSA) is 87.8 Å². The van der Waals surface area contributed by atoms with Gasteiger partial charge in [-0.1, -0.05) is 18.0 Å². The zero-order valence-corrected chi connectivity index (χ0v) is 12.1. The zero-order valence-electron chi connectivity index (χ0n) is 12.1. The van der Waals surface area contributed by atoms with Crippen molar-refractivity contribution >= 4 is 6.29 Å². The van der Waals surface area contributed by atoms with Crippen LogP contribution in [0.1, 0.15) is 53.7 Å². The molecule has 6 nitrogen and oxygen atoms in total. The monoisotopic (exact) mass is 288 g/mol. The number of hydrogen-bond donors (Lipinski definition) is 0. The molecule has 0 aromatic carbocycles. The highest BCUT2D eigenvalue weighted by molar-refractivity contribution is 5.74. The van der Waals surface area contributed by atoms with Crippen LogP contribution >= 0.6 is 0 Å². The van der Waals surface area contributed by atoms with Gasteiger partial charge in [-0.15, -0.1) is 0 Å². The van der Waals surface area contributed by atoms with E-state index in [0.717, 1.165) is 36.9 Å². The predicted molar refractivity (Wildman–Crippen MR) is 80.6 cm³/mol. The van der Waals surface area contributed by atoms with E-state index in [1.807, 2.05) is 0 Å². The van der Waals surface area contributed by atoms with Crippen LogP contribution < -0.4 is 5.56 Å². The first kappa shape index (κ1) is 15.3. The molecule has 112 valence electrons. The SMILES string of the molecule is [N-]=[N+]=NCCCn1c2c(cc(C=O)c1=O)CCCCCC2. The van der Waals surface area contributed by atoms with Crippen LogP contribution in [0.15, 0.2) is 16.0 Å². The molecule has 0 saturated carbocycles. The van der Waals surface area contributed by atoms with Crippen molar-refractivity contribution in [1.82, 2.24) is 4.57 Å². The number of pyridine rings is 1. The summed E-state index contributed by atoms with van der Waals surface area (Å²) in [7, 11) is 0. The molecule has 1 aliphatic carbocycles. The Kier molecular flexibility index (Phi) is 5.58. The Balaban J connectivity index is 2.38. The van der Waals surface area contributed by atoms with E-state index in [0.29, 0.717) is 25.8 Å². The maximum absolute atomic E-state index is 12.4. The van der Waals surface area contributed by atoms with Crippen molar-refractivity contribution in [3.05, 3.63) is 43.7 Å². The normalized spacial score (nSPS) is 14.5. The summed E-state index contributed by atoms with van der Waals surface area (Å²) in [6, 6.07) is 1.76. The third-order valence-corrected chi connectivity index (χ3v) is 3.96. The van der Waals surface area contributed by atoms with E-state index >= 15 is 0 Å². The first-order chi connectivity index (χ1) is 10.3. The highest BCUT2D eigenvalue weighted by Gasteiger charge is 2.15. The van der Waals surface area contributed by atoms with Gasteiger partial charge in [0.2, 0.25) is 0 Å². The van der Waals surface area contributed by atoms with Crippen molar-refractivity contribution < 1.29 is 4.79 Å². The standard InChI is InChI=1S/C15H20N4O2/c16-18-17-8-5-9-19-14-7-4-2-1-3-6-12(14)10-13(11-20)15(19)21/h10-11H,1-9H2. The van der Waals surface area contributed by atoms with Crippen LogP contribution in [-0.2, 0) is 19.4 Å². The van der Waals surface area contributed by atoms with Gasteiger partial charge in [-0.3, -0.25) is 9.59 Å². The third kappa shape index (κ3) is 3.73. The van der Waals surface area contributed by atoms with Crippen molar-refractivity contribution in [1.29, 1.82) is 0 Å². The van der Waals surface area contributed by atoms with Crippen LogP contribution in [0.5, 0.6) is 0 Å². The number of fused-ring (bicyclic) bond motifs is 1. The molecule has 0 fully saturated rings. The summed E-state index contributed by atoms with van der Waals surface area (Å²) in [6.45, 7) is 0.866. The second kappa shape index (κ2) is 7.64. The Bertz CT molecular complexity index is 615. The lowest BCUT2D eigenvalue weighted by molar-refractivity contribution is 0.112. The molecular formula is C15H20N4O2. The molecule has 0 saturated heterocycles. The molecule has 0 N–H and O–H groups in total. The van der Waals surface area contributed by atoms with Crippen molar-refractivity contribution in [3.63, 3.8) is 0 Å². The summed E-state index contributed by atoms with van der Waals surface area (Å²) in [5.74, 6) is 0. The van der Waals surface area contributed by atoms with E-state index in [1.165, 1.54) is 12.8 Å². The van der Waals surface area contributed by atoms with Crippen LogP contribution in [-0.4, -0.2) is 17.4 Å². The number of aldehydes is 1. The van der Waals surface area contributed by atoms with Gasteiger partial charge >= 0.3 is 0 Å². The summed E-state index contributed by atoms with van der Waals surface area (Å²) in [5.41, 5.74) is 10.5. The molecule has 0 atom stereocenters. The van der Waals surface area contributed by atoms with Gasteiger partial charge in [0.1, 0.15) is 0 Å². The minimum atomic E-state index is -0.217. The van der Waals surface area contributed by atoms with Gasteiger partial charge in [-0.25, -0.2) is 0 Å². The van der Waals surface area contributed by atoms with Crippen LogP contribution in [0, 0.1) is 0 Å². The average Bonchev–Trinajstić information content (AvgIpc) is 2.47. The number of aryl methyl sites for hydroxylation is 1. The fourth-order valence-corrected chi connectivity index (χ4v) is 2.92. The van der Waals surface area contributed by atoms with E-state index < -0.39 is 0 Å². The molecule has 21 heavy (non-hydrogen) atoms. The molecule has 2 rings (SSSR count). The fraction of sp³-hybridized carbons (Fsp3) is 0.600. The lowest BCUT2D eigenvalue weighted by atomic mass is 9.95. The van der Waals surface area contributed by atoms with Crippen LogP contribution in [0.4, 0.5) is 0 Å². The van der Waals surface area contributed by atoms with Crippen molar-refractivity contribution in [2.75, 3.05) is 6.54 Å². The number of aromatic nitrogens is 1. The zero-order chi connectivity index (χ0) is 15.1. The van der Waals surface area contributed by atoms with Gasteiger partial charge in [0.15, 0.2) is 6.29 Å². The van der Waals surface area contributed by atoms with Crippen molar-refractivity contribution in [2.45, 2.75) is 51.5 Å². The Labute approximate surface area is 123 Å². The Morgan fingerprint density at radius 3 is 2.76 bits per heavy atom. The summed E-state index contributed by atoms with van der Waals surface area (Å²) < 4.78 is 1.72. The first-order valence-electron chi connectivity index (χ1n) is 7.49. The van der Waals surface area contributed by atoms with Gasteiger partial charge < -0.3 is 4.57 Å². The van der Waals surface area contributed by atoms with E-state index in [1.54, 1.807) is 10.6 Å². The number of rotatable bonds is 5. The third-order valence-electron chi connectivity index (χ3n) is 3.96. The highest BCUT2D eigenvalue weighted by atomic mass is 16.1. The predicted octanol–water partition coefficient (Wildman–Crippen LogP) is 3.02. The molecule has 0 radical (unpaired) electrons. The Morgan fingerprint density at radius 1 is 1.29 bits per heavy atom. The maximum atomic E-state index is 12.4. The first-order valence-corrected chi connectivity index (χ1v) is 7.49. The molecule has 0 aliphatic heterocycles. The van der Waals surface area contributed by atoms with Crippen molar-refractivity contribution in [3.8, 4) is 0 Å². The largest absolute Gasteiger partial charge is 0.312 e. The summed E-state index contributed by atoms with van der Waals surface area (Å²) in [4.78, 5) is 26.2. The molecule has 1 aromatic heterocycles. The quantitative estimate of drug-likeness (QED) is 0.274. The van der Waals surface area contributed by atoms with Gasteiger partial charge in [-0.05, 0) is 49.3 Å². The average molecular weight is 288 g/mol. The minimum Gasteiger partial charge on any atom is -0.312 e. The second-order valence-corrected chi connectivity index (χ2v) is 5.37. The van der Waals surface area contributed by atoms with Gasteiger partial charge in [0.25, 0.3) is 5.56 Å². The number of nitrogens with zero attached hydrogens (tertiary/aromatic N) is 4. The second-order valence-electron chi connectivity index (χ2n) is 5.37. The van der Waals surface area contributed by atoms with Crippen LogP contribution in [0.2, 0.25) is 0 Å². The molecule has 0 spiro atoms. The smallest absolute Gasteiger partial charge is 0.261 e. The molecule has 1 aliphatic rings. The lowest BCUT2D eigenvalue weighted by Crippen LogP contribution is -2.29. The van der Waals surface area contributed by atoms with Crippen molar-refractivity contribution in [2.24, 2.45) is 5.11 Å². The number of azide groups is 1. The summed E-state index contributed by atoms with van der Waals surface area (Å²) in [5, 5.41) is 3.50. The molecule has 6 heteroatoms. The van der Waals surface area contributed by atoms with E-state index in [2.05, 4.69) is 10.0 Å². The number of carbonyl (C=O) groups is 1. The van der Waals surface area contributed by atoms with E-state index in [4.69, 9.17) is 5.53 Å². The van der Waals surface area contributed by atoms with Crippen LogP contribution in [0.3, 0.4) is 0 Å². The Morgan fingerprint density at radius 2 is 2.05 bits per heavy atom. The molecule has 1 heterocycles. The van der Waals surface area contributed by atoms with Gasteiger partial charge in [0, 0.05) is 23.7 Å². The molecular weight excluding hydrogens is 268 g/mol. The lowest BCUT2D eigenvalue weighted by Gasteiger charge is -2.20. The molecule has 1 aromatic rings. The molecule has 0 unspecified atom stereocenters. The fourth-order valence-electron chi connectivity index (χ4n) is 2.92. The van der Waals surface area contributed by atoms with Crippen LogP contribution in [0.25, 0.3) is 10.4 Å². The van der Waals surface area contributed by atoms with Gasteiger partial charge in [-0.2, -0.15) is 0 Å². The molecule has 0 amide bonds. The number of hydrogen-bond acceptors (Lipinski definition) is 3. The summed E-state index contributed by atoms with van der Waals surface area (Å²) >= 11 is 0. The number of carbonyl (C=O) groups excluding carboxylic acids is 1. The van der Waals surface area contributed by atoms with E-state index in [9.17, 15) is 9.59 Å². The molecule has 0 bridgehead atoms. The van der Waals surface area contributed by atoms with E-state index in [-0.39, 0.29) is 11.1 Å². The Hall–Kier alpha value is -2.07. The maximum Gasteiger partial charge on any atom is 0.261 e. The minimum absolute atomic E-state index is 0.217. The summed E-state index contributed by atoms with van der Waals surface area (Å²) in [6.07, 6.45) is 7.61. The van der Waals surface area contributed by atoms with Gasteiger partial charge in [0.05, 0.1) is 5.56 Å².